The second-order valence-electron chi connectivity index (χ2n) is 3.71. The van der Waals surface area contributed by atoms with Crippen LogP contribution < -0.4 is 16.4 Å². The number of thiocarbonyl (C=S) groups is 1. The highest BCUT2D eigenvalue weighted by Gasteiger charge is 2.27. The molecule has 1 rings (SSSR count). The van der Waals surface area contributed by atoms with Crippen molar-refractivity contribution < 1.29 is 18.0 Å². The molecule has 2 amide bonds. The van der Waals surface area contributed by atoms with Gasteiger partial charge in [-0.1, -0.05) is 36.5 Å². The number of halogens is 3. The molecule has 1 aromatic rings. The summed E-state index contributed by atoms with van der Waals surface area (Å²) in [4.78, 5) is 11.3. The summed E-state index contributed by atoms with van der Waals surface area (Å²) in [5, 5.41) is 4.01. The second kappa shape index (κ2) is 6.37. The lowest BCUT2D eigenvalue weighted by atomic mass is 10.1. The molecule has 4 N–H and O–H groups in total. The van der Waals surface area contributed by atoms with E-state index < -0.39 is 18.8 Å². The number of nitrogens with one attached hydrogen (secondary N) is 2. The molecule has 0 radical (unpaired) electrons. The van der Waals surface area contributed by atoms with Crippen LogP contribution in [0, 0.1) is 0 Å². The average molecular weight is 291 g/mol. The van der Waals surface area contributed by atoms with E-state index in [0.717, 1.165) is 5.56 Å². The van der Waals surface area contributed by atoms with E-state index in [1.807, 2.05) is 0 Å². The lowest BCUT2D eigenvalue weighted by Gasteiger charge is -2.10. The summed E-state index contributed by atoms with van der Waals surface area (Å²) in [5.41, 5.74) is 6.82. The SMILES string of the molecule is NC(=S)c1ccc(CNC(=O)NCC(F)(F)F)cc1. The molecule has 104 valence electrons. The molecule has 0 heterocycles. The van der Waals surface area contributed by atoms with Crippen molar-refractivity contribution in [1.82, 2.24) is 10.6 Å². The fourth-order valence-corrected chi connectivity index (χ4v) is 1.35. The molecule has 0 aliphatic heterocycles. The van der Waals surface area contributed by atoms with Crippen molar-refractivity contribution in [2.75, 3.05) is 6.54 Å². The van der Waals surface area contributed by atoms with Crippen molar-refractivity contribution >= 4 is 23.2 Å². The molecule has 0 aromatic heterocycles. The van der Waals surface area contributed by atoms with Gasteiger partial charge in [0.25, 0.3) is 0 Å². The van der Waals surface area contributed by atoms with Crippen molar-refractivity contribution in [2.45, 2.75) is 12.7 Å². The van der Waals surface area contributed by atoms with Crippen LogP contribution in [0.15, 0.2) is 24.3 Å². The predicted molar refractivity (Wildman–Crippen MR) is 68.6 cm³/mol. The summed E-state index contributed by atoms with van der Waals surface area (Å²) in [7, 11) is 0. The van der Waals surface area contributed by atoms with Gasteiger partial charge >= 0.3 is 12.2 Å². The first-order chi connectivity index (χ1) is 8.78. The Labute approximate surface area is 113 Å². The van der Waals surface area contributed by atoms with Gasteiger partial charge in [-0.15, -0.1) is 0 Å². The van der Waals surface area contributed by atoms with Crippen molar-refractivity contribution in [2.24, 2.45) is 5.73 Å². The van der Waals surface area contributed by atoms with E-state index in [-0.39, 0.29) is 11.5 Å². The van der Waals surface area contributed by atoms with Gasteiger partial charge in [0.15, 0.2) is 0 Å². The lowest BCUT2D eigenvalue weighted by Crippen LogP contribution is -2.40. The average Bonchev–Trinajstić information content (AvgIpc) is 2.33. The molecule has 19 heavy (non-hydrogen) atoms. The number of hydrogen-bond donors (Lipinski definition) is 3. The largest absolute Gasteiger partial charge is 0.405 e. The minimum Gasteiger partial charge on any atom is -0.389 e. The summed E-state index contributed by atoms with van der Waals surface area (Å²) in [6.45, 7) is -1.25. The van der Waals surface area contributed by atoms with Gasteiger partial charge in [0.1, 0.15) is 11.5 Å². The van der Waals surface area contributed by atoms with Gasteiger partial charge in [-0.05, 0) is 5.56 Å². The quantitative estimate of drug-likeness (QED) is 0.739. The van der Waals surface area contributed by atoms with Crippen LogP contribution in [0.3, 0.4) is 0 Å². The lowest BCUT2D eigenvalue weighted by molar-refractivity contribution is -0.122. The smallest absolute Gasteiger partial charge is 0.389 e. The molecule has 0 atom stereocenters. The Bertz CT molecular complexity index is 459. The Hall–Kier alpha value is -1.83. The number of benzene rings is 1. The highest BCUT2D eigenvalue weighted by Crippen LogP contribution is 2.12. The molecule has 4 nitrogen and oxygen atoms in total. The molecule has 0 saturated heterocycles. The fourth-order valence-electron chi connectivity index (χ4n) is 1.21. The van der Waals surface area contributed by atoms with Crippen LogP contribution in [-0.4, -0.2) is 23.7 Å². The van der Waals surface area contributed by atoms with Crippen LogP contribution in [0.5, 0.6) is 0 Å². The van der Waals surface area contributed by atoms with Crippen LogP contribution in [-0.2, 0) is 6.54 Å². The Kier molecular flexibility index (Phi) is 5.11. The van der Waals surface area contributed by atoms with E-state index in [0.29, 0.717) is 5.56 Å². The number of alkyl halides is 3. The van der Waals surface area contributed by atoms with Crippen LogP contribution in [0.4, 0.5) is 18.0 Å². The summed E-state index contributed by atoms with van der Waals surface area (Å²) in [6.07, 6.45) is -4.42. The topological polar surface area (TPSA) is 67.1 Å². The molecular weight excluding hydrogens is 279 g/mol. The van der Waals surface area contributed by atoms with E-state index in [1.54, 1.807) is 29.6 Å². The van der Waals surface area contributed by atoms with Gasteiger partial charge < -0.3 is 16.4 Å². The molecule has 0 spiro atoms. The number of amides is 2. The van der Waals surface area contributed by atoms with Gasteiger partial charge in [-0.25, -0.2) is 4.79 Å². The predicted octanol–water partition coefficient (Wildman–Crippen LogP) is 1.68. The maximum atomic E-state index is 11.8. The molecule has 0 bridgehead atoms. The van der Waals surface area contributed by atoms with Crippen molar-refractivity contribution in [1.29, 1.82) is 0 Å². The Morgan fingerprint density at radius 3 is 2.26 bits per heavy atom. The summed E-state index contributed by atoms with van der Waals surface area (Å²) >= 11 is 4.77. The normalized spacial score (nSPS) is 10.9. The highest BCUT2D eigenvalue weighted by atomic mass is 32.1. The van der Waals surface area contributed by atoms with Crippen LogP contribution in [0.25, 0.3) is 0 Å². The highest BCUT2D eigenvalue weighted by molar-refractivity contribution is 7.80. The maximum Gasteiger partial charge on any atom is 0.405 e. The van der Waals surface area contributed by atoms with Crippen LogP contribution >= 0.6 is 12.2 Å². The molecule has 0 aliphatic carbocycles. The second-order valence-corrected chi connectivity index (χ2v) is 4.15. The number of carbonyl (C=O) groups is 1. The number of rotatable bonds is 4. The zero-order valence-electron chi connectivity index (χ0n) is 9.75. The van der Waals surface area contributed by atoms with Gasteiger partial charge in [0.2, 0.25) is 0 Å². The monoisotopic (exact) mass is 291 g/mol. The minimum atomic E-state index is -4.42. The van der Waals surface area contributed by atoms with Gasteiger partial charge in [0.05, 0.1) is 0 Å². The van der Waals surface area contributed by atoms with Crippen LogP contribution in [0.2, 0.25) is 0 Å². The van der Waals surface area contributed by atoms with Gasteiger partial charge in [0, 0.05) is 12.1 Å². The summed E-state index contributed by atoms with van der Waals surface area (Å²) in [6, 6.07) is 5.83. The van der Waals surface area contributed by atoms with Crippen molar-refractivity contribution in [3.63, 3.8) is 0 Å². The first kappa shape index (κ1) is 15.2. The molecular formula is C11H12F3N3OS. The standard InChI is InChI=1S/C11H12F3N3OS/c12-11(13,14)6-17-10(18)16-5-7-1-3-8(4-2-7)9(15)19/h1-4H,5-6H2,(H2,15,19)(H2,16,17,18). The van der Waals surface area contributed by atoms with Crippen molar-refractivity contribution in [3.8, 4) is 0 Å². The Morgan fingerprint density at radius 2 is 1.79 bits per heavy atom. The zero-order chi connectivity index (χ0) is 14.5. The zero-order valence-corrected chi connectivity index (χ0v) is 10.6. The van der Waals surface area contributed by atoms with E-state index >= 15 is 0 Å². The molecule has 8 heteroatoms. The van der Waals surface area contributed by atoms with Crippen LogP contribution in [0.1, 0.15) is 11.1 Å². The molecule has 0 fully saturated rings. The van der Waals surface area contributed by atoms with E-state index in [4.69, 9.17) is 18.0 Å². The van der Waals surface area contributed by atoms with E-state index in [2.05, 4.69) is 5.32 Å². The Balaban J connectivity index is 2.40. The number of hydrogen-bond acceptors (Lipinski definition) is 2. The Morgan fingerprint density at radius 1 is 1.21 bits per heavy atom. The first-order valence-corrected chi connectivity index (χ1v) is 5.66. The third-order valence-corrected chi connectivity index (χ3v) is 2.38. The fraction of sp³-hybridized carbons (Fsp3) is 0.273. The van der Waals surface area contributed by atoms with Crippen molar-refractivity contribution in [3.05, 3.63) is 35.4 Å². The summed E-state index contributed by atoms with van der Waals surface area (Å²) in [5.74, 6) is 0. The third kappa shape index (κ3) is 6.05. The number of carbonyl (C=O) groups excluding carboxylic acids is 1. The summed E-state index contributed by atoms with van der Waals surface area (Å²) < 4.78 is 35.5. The molecule has 0 unspecified atom stereocenters. The first-order valence-electron chi connectivity index (χ1n) is 5.25. The molecule has 1 aromatic carbocycles. The van der Waals surface area contributed by atoms with E-state index in [9.17, 15) is 18.0 Å². The number of nitrogens with two attached hydrogens (primary N) is 1. The van der Waals surface area contributed by atoms with Gasteiger partial charge in [-0.2, -0.15) is 13.2 Å². The maximum absolute atomic E-state index is 11.8. The minimum absolute atomic E-state index is 0.112. The van der Waals surface area contributed by atoms with E-state index in [1.165, 1.54) is 0 Å². The third-order valence-electron chi connectivity index (χ3n) is 2.14. The molecule has 0 aliphatic rings. The van der Waals surface area contributed by atoms with Gasteiger partial charge in [-0.3, -0.25) is 0 Å². The molecule has 0 saturated carbocycles. The number of urea groups is 1.